The van der Waals surface area contributed by atoms with Crippen LogP contribution in [0.15, 0.2) is 73.1 Å². The molecule has 0 saturated carbocycles. The average Bonchev–Trinajstić information content (AvgIpc) is 3.08. The number of hydrogen-bond donors (Lipinski definition) is 0. The van der Waals surface area contributed by atoms with Crippen LogP contribution >= 0.6 is 11.3 Å². The smallest absolute Gasteiger partial charge is 0.216 e. The first-order chi connectivity index (χ1) is 11.3. The molecule has 0 amide bonds. The summed E-state index contributed by atoms with van der Waals surface area (Å²) in [5.74, 6) is 0. The minimum Gasteiger partial charge on any atom is -0.216 e. The van der Waals surface area contributed by atoms with E-state index in [2.05, 4.69) is 10.2 Å². The summed E-state index contributed by atoms with van der Waals surface area (Å²) in [5.41, 5.74) is 0.915. The molecule has 124 valence electrons. The molecular weight excluding hydrogens is 368 g/mol. The first-order valence-corrected chi connectivity index (χ1v) is 10.6. The normalized spacial score (nSPS) is 12.2. The lowest BCUT2D eigenvalue weighted by Crippen LogP contribution is -2.01. The van der Waals surface area contributed by atoms with Crippen LogP contribution in [0.2, 0.25) is 0 Å². The molecule has 1 aromatic heterocycles. The minimum atomic E-state index is -3.90. The Bertz CT molecular complexity index is 1070. The van der Waals surface area contributed by atoms with E-state index in [1.165, 1.54) is 24.3 Å². The largest absolute Gasteiger partial charge is 0.238 e. The lowest BCUT2D eigenvalue weighted by molar-refractivity contribution is 0.589. The van der Waals surface area contributed by atoms with E-state index in [1.807, 2.05) is 6.92 Å². The van der Waals surface area contributed by atoms with Crippen LogP contribution in [0.4, 0.5) is 0 Å². The van der Waals surface area contributed by atoms with Crippen molar-refractivity contribution >= 4 is 31.0 Å². The Balaban J connectivity index is 2.04. The fraction of sp³-hybridized carbons (Fsp3) is 0.0667. The van der Waals surface area contributed by atoms with Crippen molar-refractivity contribution in [1.29, 1.82) is 0 Å². The molecule has 0 aliphatic rings. The summed E-state index contributed by atoms with van der Waals surface area (Å²) >= 11 is 0.542. The minimum absolute atomic E-state index is 0.0421. The summed E-state index contributed by atoms with van der Waals surface area (Å²) in [7, 11) is -7.78. The second-order valence-corrected chi connectivity index (χ2v) is 10.2. The quantitative estimate of drug-likeness (QED) is 0.690. The molecular formula is C15H12N2O4S3. The second kappa shape index (κ2) is 6.08. The van der Waals surface area contributed by atoms with Crippen molar-refractivity contribution < 1.29 is 16.8 Å². The lowest BCUT2D eigenvalue weighted by atomic mass is 10.2. The highest BCUT2D eigenvalue weighted by Crippen LogP contribution is 2.29. The Labute approximate surface area is 143 Å². The van der Waals surface area contributed by atoms with Gasteiger partial charge in [0.1, 0.15) is 0 Å². The summed E-state index contributed by atoms with van der Waals surface area (Å²) < 4.78 is 49.3. The SMILES string of the molecule is Cc1ccc(S(=O)(=O)c2nnc(S(=O)(=O)c3ccccc3)s2)cc1. The molecule has 0 saturated heterocycles. The summed E-state index contributed by atoms with van der Waals surface area (Å²) in [6.45, 7) is 1.84. The zero-order chi connectivity index (χ0) is 17.4. The van der Waals surface area contributed by atoms with E-state index < -0.39 is 19.7 Å². The molecule has 3 aromatic rings. The van der Waals surface area contributed by atoms with Gasteiger partial charge < -0.3 is 0 Å². The van der Waals surface area contributed by atoms with Crippen molar-refractivity contribution in [3.8, 4) is 0 Å². The Kier molecular flexibility index (Phi) is 4.24. The molecule has 9 heteroatoms. The highest BCUT2D eigenvalue weighted by atomic mass is 32.3. The van der Waals surface area contributed by atoms with Crippen molar-refractivity contribution in [3.63, 3.8) is 0 Å². The summed E-state index contributed by atoms with van der Waals surface area (Å²) in [6.07, 6.45) is 0. The van der Waals surface area contributed by atoms with E-state index in [-0.39, 0.29) is 18.5 Å². The molecule has 3 rings (SSSR count). The predicted molar refractivity (Wildman–Crippen MR) is 88.4 cm³/mol. The van der Waals surface area contributed by atoms with E-state index in [9.17, 15) is 16.8 Å². The van der Waals surface area contributed by atoms with Crippen LogP contribution < -0.4 is 0 Å². The van der Waals surface area contributed by atoms with E-state index in [1.54, 1.807) is 30.3 Å². The van der Waals surface area contributed by atoms with Crippen molar-refractivity contribution in [2.45, 2.75) is 25.4 Å². The Morgan fingerprint density at radius 2 is 1.17 bits per heavy atom. The van der Waals surface area contributed by atoms with E-state index >= 15 is 0 Å². The Morgan fingerprint density at radius 3 is 1.67 bits per heavy atom. The molecule has 0 unspecified atom stereocenters. The summed E-state index contributed by atoms with van der Waals surface area (Å²) in [5, 5.41) is 7.15. The van der Waals surface area contributed by atoms with Crippen molar-refractivity contribution in [3.05, 3.63) is 60.2 Å². The molecule has 2 aromatic carbocycles. The van der Waals surface area contributed by atoms with Gasteiger partial charge in [0.05, 0.1) is 9.79 Å². The fourth-order valence-electron chi connectivity index (χ4n) is 1.93. The standard InChI is InChI=1S/C15H12N2O4S3/c1-11-7-9-13(10-8-11)24(20,21)15-17-16-14(22-15)23(18,19)12-5-3-2-4-6-12/h2-10H,1H3. The second-order valence-electron chi connectivity index (χ2n) is 4.97. The third-order valence-electron chi connectivity index (χ3n) is 3.23. The number of aromatic nitrogens is 2. The van der Waals surface area contributed by atoms with E-state index in [0.717, 1.165) is 5.56 Å². The highest BCUT2D eigenvalue weighted by molar-refractivity contribution is 7.95. The van der Waals surface area contributed by atoms with Gasteiger partial charge in [0.15, 0.2) is 0 Å². The number of aryl methyl sites for hydroxylation is 1. The van der Waals surface area contributed by atoms with Gasteiger partial charge in [0.25, 0.3) is 0 Å². The number of sulfone groups is 2. The summed E-state index contributed by atoms with van der Waals surface area (Å²) in [4.78, 5) is 0.0911. The third kappa shape index (κ3) is 2.97. The first-order valence-electron chi connectivity index (χ1n) is 6.77. The third-order valence-corrected chi connectivity index (χ3v) is 8.43. The van der Waals surface area contributed by atoms with Crippen LogP contribution in [-0.4, -0.2) is 27.0 Å². The van der Waals surface area contributed by atoms with E-state index in [0.29, 0.717) is 11.3 Å². The van der Waals surface area contributed by atoms with Gasteiger partial charge in [0, 0.05) is 0 Å². The van der Waals surface area contributed by atoms with Gasteiger partial charge in [-0.25, -0.2) is 16.8 Å². The predicted octanol–water partition coefficient (Wildman–Crippen LogP) is 2.51. The van der Waals surface area contributed by atoms with Gasteiger partial charge in [0.2, 0.25) is 28.4 Å². The Morgan fingerprint density at radius 1 is 0.708 bits per heavy atom. The molecule has 0 fully saturated rings. The van der Waals surface area contributed by atoms with Crippen molar-refractivity contribution in [1.82, 2.24) is 10.2 Å². The summed E-state index contributed by atoms with van der Waals surface area (Å²) in [6, 6.07) is 13.9. The van der Waals surface area contributed by atoms with Crippen molar-refractivity contribution in [2.75, 3.05) is 0 Å². The monoisotopic (exact) mass is 380 g/mol. The average molecular weight is 380 g/mol. The van der Waals surface area contributed by atoms with Crippen LogP contribution in [0, 0.1) is 6.92 Å². The molecule has 0 bridgehead atoms. The van der Waals surface area contributed by atoms with Crippen LogP contribution in [0.25, 0.3) is 0 Å². The molecule has 0 atom stereocenters. The maximum Gasteiger partial charge on any atom is 0.238 e. The molecule has 1 heterocycles. The van der Waals surface area contributed by atoms with Crippen LogP contribution in [0.5, 0.6) is 0 Å². The van der Waals surface area contributed by atoms with Gasteiger partial charge in [-0.3, -0.25) is 0 Å². The Hall–Kier alpha value is -2.10. The number of nitrogens with zero attached hydrogens (tertiary/aromatic N) is 2. The first kappa shape index (κ1) is 16.7. The van der Waals surface area contributed by atoms with Gasteiger partial charge >= 0.3 is 0 Å². The molecule has 0 aliphatic carbocycles. The number of benzene rings is 2. The fourth-order valence-corrected chi connectivity index (χ4v) is 6.04. The molecule has 24 heavy (non-hydrogen) atoms. The number of rotatable bonds is 4. The van der Waals surface area contributed by atoms with Crippen molar-refractivity contribution in [2.24, 2.45) is 0 Å². The maximum atomic E-state index is 12.5. The van der Waals surface area contributed by atoms with Crippen LogP contribution in [-0.2, 0) is 19.7 Å². The topological polar surface area (TPSA) is 94.1 Å². The van der Waals surface area contributed by atoms with Gasteiger partial charge in [-0.05, 0) is 31.2 Å². The molecule has 0 spiro atoms. The van der Waals surface area contributed by atoms with Crippen LogP contribution in [0.3, 0.4) is 0 Å². The van der Waals surface area contributed by atoms with Gasteiger partial charge in [-0.15, -0.1) is 10.2 Å². The molecule has 0 aliphatic heterocycles. The highest BCUT2D eigenvalue weighted by Gasteiger charge is 2.28. The van der Waals surface area contributed by atoms with Gasteiger partial charge in [-0.2, -0.15) is 0 Å². The molecule has 0 radical (unpaired) electrons. The molecule has 6 nitrogen and oxygen atoms in total. The van der Waals surface area contributed by atoms with Crippen LogP contribution in [0.1, 0.15) is 5.56 Å². The lowest BCUT2D eigenvalue weighted by Gasteiger charge is -2.00. The molecule has 0 N–H and O–H groups in total. The van der Waals surface area contributed by atoms with E-state index in [4.69, 9.17) is 0 Å². The maximum absolute atomic E-state index is 12.5. The zero-order valence-corrected chi connectivity index (χ0v) is 14.9. The number of hydrogen-bond acceptors (Lipinski definition) is 7. The zero-order valence-electron chi connectivity index (χ0n) is 12.4. The van der Waals surface area contributed by atoms with Gasteiger partial charge in [-0.1, -0.05) is 47.2 Å².